The molecule has 2 aromatic rings. The van der Waals surface area contributed by atoms with Crippen molar-refractivity contribution in [2.75, 3.05) is 17.2 Å². The molecular formula is C18H17FN2O4. The molecule has 0 unspecified atom stereocenters. The predicted molar refractivity (Wildman–Crippen MR) is 90.4 cm³/mol. The highest BCUT2D eigenvalue weighted by Crippen LogP contribution is 2.15. The van der Waals surface area contributed by atoms with Gasteiger partial charge in [0.25, 0.3) is 5.91 Å². The maximum atomic E-state index is 13.0. The second kappa shape index (κ2) is 8.58. The van der Waals surface area contributed by atoms with Gasteiger partial charge in [0.1, 0.15) is 5.82 Å². The fourth-order valence-corrected chi connectivity index (χ4v) is 2.09. The van der Waals surface area contributed by atoms with Gasteiger partial charge in [0.2, 0.25) is 5.91 Å². The Hall–Kier alpha value is -3.22. The lowest BCUT2D eigenvalue weighted by Crippen LogP contribution is -2.21. The fraction of sp³-hybridized carbons (Fsp3) is 0.167. The van der Waals surface area contributed by atoms with Crippen molar-refractivity contribution in [1.82, 2.24) is 0 Å². The first kappa shape index (κ1) is 18.1. The van der Waals surface area contributed by atoms with Crippen LogP contribution < -0.4 is 10.6 Å². The molecule has 6 nitrogen and oxygen atoms in total. The van der Waals surface area contributed by atoms with Crippen LogP contribution in [0.2, 0.25) is 0 Å². The molecule has 130 valence electrons. The van der Waals surface area contributed by atoms with E-state index in [1.54, 1.807) is 30.3 Å². The maximum absolute atomic E-state index is 13.0. The van der Waals surface area contributed by atoms with E-state index in [0.29, 0.717) is 16.9 Å². The van der Waals surface area contributed by atoms with Crippen molar-refractivity contribution < 1.29 is 23.5 Å². The lowest BCUT2D eigenvalue weighted by molar-refractivity contribution is -0.146. The third-order valence-electron chi connectivity index (χ3n) is 3.07. The Balaban J connectivity index is 1.82. The summed E-state index contributed by atoms with van der Waals surface area (Å²) < 4.78 is 17.9. The van der Waals surface area contributed by atoms with Crippen LogP contribution >= 0.6 is 0 Å². The first-order chi connectivity index (χ1) is 11.9. The zero-order valence-electron chi connectivity index (χ0n) is 13.5. The number of hydrogen-bond acceptors (Lipinski definition) is 4. The van der Waals surface area contributed by atoms with Gasteiger partial charge in [-0.2, -0.15) is 0 Å². The van der Waals surface area contributed by atoms with Crippen molar-refractivity contribution >= 4 is 29.2 Å². The molecule has 0 aliphatic heterocycles. The minimum Gasteiger partial charge on any atom is -0.455 e. The topological polar surface area (TPSA) is 84.5 Å². The lowest BCUT2D eigenvalue weighted by Gasteiger charge is -2.08. The highest BCUT2D eigenvalue weighted by Gasteiger charge is 2.10. The number of ether oxygens (including phenoxy) is 1. The van der Waals surface area contributed by atoms with E-state index in [1.807, 2.05) is 0 Å². The third-order valence-corrected chi connectivity index (χ3v) is 3.07. The number of benzene rings is 2. The summed E-state index contributed by atoms with van der Waals surface area (Å²) in [6.07, 6.45) is -0.122. The first-order valence-electron chi connectivity index (χ1n) is 7.50. The smallest absolute Gasteiger partial charge is 0.310 e. The Labute approximate surface area is 144 Å². The third kappa shape index (κ3) is 6.42. The average Bonchev–Trinajstić information content (AvgIpc) is 2.53. The Morgan fingerprint density at radius 1 is 1.00 bits per heavy atom. The predicted octanol–water partition coefficient (Wildman–Crippen LogP) is 2.51. The van der Waals surface area contributed by atoms with Crippen LogP contribution in [0.15, 0.2) is 48.5 Å². The van der Waals surface area contributed by atoms with Gasteiger partial charge in [-0.25, -0.2) is 4.39 Å². The van der Waals surface area contributed by atoms with Crippen molar-refractivity contribution in [2.45, 2.75) is 13.3 Å². The van der Waals surface area contributed by atoms with E-state index < -0.39 is 24.3 Å². The molecule has 0 aliphatic carbocycles. The van der Waals surface area contributed by atoms with E-state index in [4.69, 9.17) is 4.74 Å². The Kier molecular flexibility index (Phi) is 6.22. The second-order valence-corrected chi connectivity index (χ2v) is 5.28. The molecule has 0 bridgehead atoms. The molecule has 0 saturated carbocycles. The summed E-state index contributed by atoms with van der Waals surface area (Å²) in [6.45, 7) is 0.918. The van der Waals surface area contributed by atoms with E-state index in [9.17, 15) is 18.8 Å². The zero-order valence-corrected chi connectivity index (χ0v) is 13.5. The molecule has 2 N–H and O–H groups in total. The molecule has 0 radical (unpaired) electrons. The molecule has 2 amide bonds. The average molecular weight is 344 g/mol. The molecule has 7 heteroatoms. The largest absolute Gasteiger partial charge is 0.455 e. The van der Waals surface area contributed by atoms with Crippen molar-refractivity contribution in [1.29, 1.82) is 0 Å². The van der Waals surface area contributed by atoms with Gasteiger partial charge < -0.3 is 15.4 Å². The second-order valence-electron chi connectivity index (χ2n) is 5.28. The summed E-state index contributed by atoms with van der Waals surface area (Å²) in [4.78, 5) is 34.5. The lowest BCUT2D eigenvalue weighted by atomic mass is 10.1. The molecule has 0 aliphatic rings. The van der Waals surface area contributed by atoms with Gasteiger partial charge in [-0.1, -0.05) is 18.2 Å². The summed E-state index contributed by atoms with van der Waals surface area (Å²) in [5.41, 5.74) is 1.46. The molecule has 0 spiro atoms. The van der Waals surface area contributed by atoms with Crippen molar-refractivity contribution in [3.8, 4) is 0 Å². The first-order valence-corrected chi connectivity index (χ1v) is 7.50. The highest BCUT2D eigenvalue weighted by molar-refractivity contribution is 5.94. The van der Waals surface area contributed by atoms with Crippen molar-refractivity contribution in [3.63, 3.8) is 0 Å². The van der Waals surface area contributed by atoms with Gasteiger partial charge in [-0.3, -0.25) is 14.4 Å². The summed E-state index contributed by atoms with van der Waals surface area (Å²) in [5.74, 6) is -1.82. The van der Waals surface area contributed by atoms with E-state index in [1.165, 1.54) is 25.1 Å². The standard InChI is InChI=1S/C18H17FN2O4/c1-12(22)20-15-6-3-7-16(10-15)21-17(23)11-25-18(24)9-13-4-2-5-14(19)8-13/h2-8,10H,9,11H2,1H3,(H,20,22)(H,21,23). The van der Waals surface area contributed by atoms with Gasteiger partial charge in [-0.05, 0) is 35.9 Å². The molecule has 0 aromatic heterocycles. The van der Waals surface area contributed by atoms with Crippen LogP contribution in [0.5, 0.6) is 0 Å². The van der Waals surface area contributed by atoms with Crippen LogP contribution in [0.3, 0.4) is 0 Å². The molecule has 0 fully saturated rings. The number of halogens is 1. The number of rotatable bonds is 6. The molecule has 0 heterocycles. The quantitative estimate of drug-likeness (QED) is 0.789. The van der Waals surface area contributed by atoms with Crippen LogP contribution in [-0.2, 0) is 25.5 Å². The molecule has 2 aromatic carbocycles. The van der Waals surface area contributed by atoms with Gasteiger partial charge in [-0.15, -0.1) is 0 Å². The fourth-order valence-electron chi connectivity index (χ4n) is 2.09. The molecule has 0 saturated heterocycles. The van der Waals surface area contributed by atoms with Crippen molar-refractivity contribution in [2.24, 2.45) is 0 Å². The number of carbonyl (C=O) groups excluding carboxylic acids is 3. The summed E-state index contributed by atoms with van der Waals surface area (Å²) in [7, 11) is 0. The summed E-state index contributed by atoms with van der Waals surface area (Å²) in [6, 6.07) is 12.1. The van der Waals surface area contributed by atoms with Gasteiger partial charge in [0, 0.05) is 18.3 Å². The molecule has 2 rings (SSSR count). The van der Waals surface area contributed by atoms with Crippen molar-refractivity contribution in [3.05, 3.63) is 59.9 Å². The minimum absolute atomic E-state index is 0.122. The summed E-state index contributed by atoms with van der Waals surface area (Å²) in [5, 5.41) is 5.15. The molecule has 0 atom stereocenters. The Bertz CT molecular complexity index is 792. The number of nitrogens with one attached hydrogen (secondary N) is 2. The highest BCUT2D eigenvalue weighted by atomic mass is 19.1. The van der Waals surface area contributed by atoms with Crippen LogP contribution in [0.25, 0.3) is 0 Å². The molecule has 25 heavy (non-hydrogen) atoms. The van der Waals surface area contributed by atoms with E-state index >= 15 is 0 Å². The van der Waals surface area contributed by atoms with Crippen LogP contribution in [0.1, 0.15) is 12.5 Å². The number of amides is 2. The van der Waals surface area contributed by atoms with E-state index in [0.717, 1.165) is 0 Å². The van der Waals surface area contributed by atoms with E-state index in [2.05, 4.69) is 10.6 Å². The number of hydrogen-bond donors (Lipinski definition) is 2. The SMILES string of the molecule is CC(=O)Nc1cccc(NC(=O)COC(=O)Cc2cccc(F)c2)c1. The van der Waals surface area contributed by atoms with Crippen LogP contribution in [0, 0.1) is 5.82 Å². The van der Waals surface area contributed by atoms with Gasteiger partial charge in [0.05, 0.1) is 6.42 Å². The number of esters is 1. The number of anilines is 2. The van der Waals surface area contributed by atoms with E-state index in [-0.39, 0.29) is 12.3 Å². The normalized spacial score (nSPS) is 10.0. The Morgan fingerprint density at radius 3 is 2.36 bits per heavy atom. The molecular weight excluding hydrogens is 327 g/mol. The minimum atomic E-state index is -0.632. The summed E-state index contributed by atoms with van der Waals surface area (Å²) >= 11 is 0. The monoisotopic (exact) mass is 344 g/mol. The van der Waals surface area contributed by atoms with Gasteiger partial charge in [0.15, 0.2) is 6.61 Å². The number of carbonyl (C=O) groups is 3. The van der Waals surface area contributed by atoms with Gasteiger partial charge >= 0.3 is 5.97 Å². The Morgan fingerprint density at radius 2 is 1.68 bits per heavy atom. The zero-order chi connectivity index (χ0) is 18.2. The van der Waals surface area contributed by atoms with Crippen LogP contribution in [0.4, 0.5) is 15.8 Å². The van der Waals surface area contributed by atoms with Crippen LogP contribution in [-0.4, -0.2) is 24.4 Å². The maximum Gasteiger partial charge on any atom is 0.310 e.